The van der Waals surface area contributed by atoms with E-state index in [0.29, 0.717) is 25.3 Å². The second kappa shape index (κ2) is 8.25. The topological polar surface area (TPSA) is 59.9 Å². The molecule has 5 heteroatoms. The molecule has 0 fully saturated rings. The monoisotopic (exact) mass is 200 g/mol. The van der Waals surface area contributed by atoms with Gasteiger partial charge in [-0.3, -0.25) is 4.84 Å². The minimum absolute atomic E-state index is 0.347. The van der Waals surface area contributed by atoms with Crippen LogP contribution >= 0.6 is 0 Å². The summed E-state index contributed by atoms with van der Waals surface area (Å²) in [4.78, 5) is 15.2. The van der Waals surface area contributed by atoms with E-state index in [1.165, 1.54) is 7.05 Å². The molecule has 1 amide bonds. The fourth-order valence-electron chi connectivity index (χ4n) is 0.605. The van der Waals surface area contributed by atoms with Crippen molar-refractivity contribution in [2.75, 3.05) is 20.3 Å². The standard InChI is InChI=1S/C9H16N2O3/c1-4-6-13-7-8(5-2)11-14-9(12)10-3/h4H,1,5-7H2,2-3H3,(H,10,12). The molecule has 5 nitrogen and oxygen atoms in total. The predicted octanol–water partition coefficient (Wildman–Crippen LogP) is 1.31. The Morgan fingerprint density at radius 1 is 1.64 bits per heavy atom. The van der Waals surface area contributed by atoms with Gasteiger partial charge < -0.3 is 10.1 Å². The first-order valence-electron chi connectivity index (χ1n) is 4.37. The third-order valence-corrected chi connectivity index (χ3v) is 1.37. The van der Waals surface area contributed by atoms with Crippen LogP contribution in [0.3, 0.4) is 0 Å². The first kappa shape index (κ1) is 12.6. The predicted molar refractivity (Wildman–Crippen MR) is 54.3 cm³/mol. The van der Waals surface area contributed by atoms with E-state index in [-0.39, 0.29) is 0 Å². The molecular weight excluding hydrogens is 184 g/mol. The molecule has 0 bridgehead atoms. The fourth-order valence-corrected chi connectivity index (χ4v) is 0.605. The Hall–Kier alpha value is -1.36. The van der Waals surface area contributed by atoms with Gasteiger partial charge in [-0.1, -0.05) is 18.2 Å². The molecule has 0 heterocycles. The molecule has 14 heavy (non-hydrogen) atoms. The number of amides is 1. The Morgan fingerprint density at radius 3 is 2.86 bits per heavy atom. The number of carbonyl (C=O) groups excluding carboxylic acids is 1. The van der Waals surface area contributed by atoms with E-state index in [9.17, 15) is 4.79 Å². The van der Waals surface area contributed by atoms with Gasteiger partial charge in [0.1, 0.15) is 0 Å². The number of oxime groups is 1. The minimum atomic E-state index is -0.584. The molecule has 0 aliphatic carbocycles. The maximum Gasteiger partial charge on any atom is 0.433 e. The van der Waals surface area contributed by atoms with Crippen molar-refractivity contribution in [1.82, 2.24) is 5.32 Å². The number of hydrogen-bond acceptors (Lipinski definition) is 4. The maximum atomic E-state index is 10.7. The molecule has 0 aromatic rings. The number of carbonyl (C=O) groups is 1. The normalized spacial score (nSPS) is 10.9. The van der Waals surface area contributed by atoms with Crippen molar-refractivity contribution in [3.05, 3.63) is 12.7 Å². The number of rotatable bonds is 6. The van der Waals surface area contributed by atoms with Crippen molar-refractivity contribution in [2.45, 2.75) is 13.3 Å². The average Bonchev–Trinajstić information content (AvgIpc) is 2.22. The zero-order valence-corrected chi connectivity index (χ0v) is 8.58. The second-order valence-electron chi connectivity index (χ2n) is 2.44. The average molecular weight is 200 g/mol. The molecule has 0 radical (unpaired) electrons. The Morgan fingerprint density at radius 2 is 2.36 bits per heavy atom. The van der Waals surface area contributed by atoms with E-state index < -0.39 is 6.09 Å². The largest absolute Gasteiger partial charge is 0.433 e. The van der Waals surface area contributed by atoms with E-state index >= 15 is 0 Å². The van der Waals surface area contributed by atoms with Crippen molar-refractivity contribution >= 4 is 11.8 Å². The van der Waals surface area contributed by atoms with Gasteiger partial charge in [-0.25, -0.2) is 4.79 Å². The lowest BCUT2D eigenvalue weighted by molar-refractivity contribution is 0.149. The van der Waals surface area contributed by atoms with E-state index in [1.54, 1.807) is 6.08 Å². The van der Waals surface area contributed by atoms with Gasteiger partial charge in [0, 0.05) is 7.05 Å². The summed E-state index contributed by atoms with van der Waals surface area (Å²) < 4.78 is 5.14. The summed E-state index contributed by atoms with van der Waals surface area (Å²) in [5, 5.41) is 5.92. The van der Waals surface area contributed by atoms with E-state index in [2.05, 4.69) is 21.9 Å². The Bertz CT molecular complexity index is 214. The highest BCUT2D eigenvalue weighted by Gasteiger charge is 2.00. The fraction of sp³-hybridized carbons (Fsp3) is 0.556. The Labute approximate surface area is 83.8 Å². The van der Waals surface area contributed by atoms with Crippen LogP contribution < -0.4 is 5.32 Å². The van der Waals surface area contributed by atoms with E-state index in [1.807, 2.05) is 6.92 Å². The molecule has 0 saturated carbocycles. The summed E-state index contributed by atoms with van der Waals surface area (Å²) >= 11 is 0. The maximum absolute atomic E-state index is 10.7. The highest BCUT2D eigenvalue weighted by Crippen LogP contribution is 1.90. The van der Waals surface area contributed by atoms with E-state index in [0.717, 1.165) is 0 Å². The van der Waals surface area contributed by atoms with Crippen molar-refractivity contribution in [3.63, 3.8) is 0 Å². The molecule has 0 saturated heterocycles. The van der Waals surface area contributed by atoms with Crippen LogP contribution in [0.1, 0.15) is 13.3 Å². The van der Waals surface area contributed by atoms with Gasteiger partial charge in [0.2, 0.25) is 0 Å². The summed E-state index contributed by atoms with van der Waals surface area (Å²) in [7, 11) is 1.47. The molecule has 0 aliphatic rings. The van der Waals surface area contributed by atoms with Gasteiger partial charge in [0.25, 0.3) is 0 Å². The molecule has 0 unspecified atom stereocenters. The molecule has 0 aromatic carbocycles. The van der Waals surface area contributed by atoms with Crippen LogP contribution in [0.15, 0.2) is 17.8 Å². The summed E-state index contributed by atoms with van der Waals surface area (Å²) in [6.45, 7) is 6.22. The summed E-state index contributed by atoms with van der Waals surface area (Å²) in [6, 6.07) is 0. The number of nitrogens with one attached hydrogen (secondary N) is 1. The van der Waals surface area contributed by atoms with Crippen LogP contribution in [0.5, 0.6) is 0 Å². The van der Waals surface area contributed by atoms with Crippen molar-refractivity contribution in [2.24, 2.45) is 5.16 Å². The molecule has 1 N–H and O–H groups in total. The first-order chi connectivity index (χ1) is 6.74. The molecule has 0 spiro atoms. The van der Waals surface area contributed by atoms with Gasteiger partial charge in [-0.2, -0.15) is 0 Å². The third kappa shape index (κ3) is 6.19. The first-order valence-corrected chi connectivity index (χ1v) is 4.37. The smallest absolute Gasteiger partial charge is 0.371 e. The number of nitrogens with zero attached hydrogens (tertiary/aromatic N) is 1. The van der Waals surface area contributed by atoms with Crippen LogP contribution in [0.2, 0.25) is 0 Å². The van der Waals surface area contributed by atoms with Crippen LogP contribution in [0.25, 0.3) is 0 Å². The molecule has 0 rings (SSSR count). The minimum Gasteiger partial charge on any atom is -0.371 e. The lowest BCUT2D eigenvalue weighted by Gasteiger charge is -2.02. The SMILES string of the molecule is C=CCOCC(CC)=NOC(=O)NC. The van der Waals surface area contributed by atoms with E-state index in [4.69, 9.17) is 4.74 Å². The molecular formula is C9H16N2O3. The van der Waals surface area contributed by atoms with Gasteiger partial charge in [0.15, 0.2) is 0 Å². The summed E-state index contributed by atoms with van der Waals surface area (Å²) in [6.07, 6.45) is 1.74. The van der Waals surface area contributed by atoms with Crippen LogP contribution in [-0.4, -0.2) is 32.1 Å². The van der Waals surface area contributed by atoms with Crippen LogP contribution in [0.4, 0.5) is 4.79 Å². The Balaban J connectivity index is 3.85. The zero-order chi connectivity index (χ0) is 10.8. The second-order valence-corrected chi connectivity index (χ2v) is 2.44. The highest BCUT2D eigenvalue weighted by molar-refractivity contribution is 5.85. The zero-order valence-electron chi connectivity index (χ0n) is 8.58. The summed E-state index contributed by atoms with van der Waals surface area (Å²) in [5.74, 6) is 0. The lowest BCUT2D eigenvalue weighted by Crippen LogP contribution is -2.18. The summed E-state index contributed by atoms with van der Waals surface area (Å²) in [5.41, 5.74) is 0.676. The Kier molecular flexibility index (Phi) is 7.45. The van der Waals surface area contributed by atoms with Crippen molar-refractivity contribution < 1.29 is 14.4 Å². The number of hydrogen-bond donors (Lipinski definition) is 1. The van der Waals surface area contributed by atoms with Crippen LogP contribution in [-0.2, 0) is 9.57 Å². The highest BCUT2D eigenvalue weighted by atomic mass is 16.7. The molecule has 0 atom stereocenters. The number of ether oxygens (including phenoxy) is 1. The quantitative estimate of drug-likeness (QED) is 0.231. The van der Waals surface area contributed by atoms with Gasteiger partial charge >= 0.3 is 6.09 Å². The third-order valence-electron chi connectivity index (χ3n) is 1.37. The van der Waals surface area contributed by atoms with Crippen LogP contribution in [0, 0.1) is 0 Å². The van der Waals surface area contributed by atoms with Crippen molar-refractivity contribution in [3.8, 4) is 0 Å². The van der Waals surface area contributed by atoms with Crippen molar-refractivity contribution in [1.29, 1.82) is 0 Å². The lowest BCUT2D eigenvalue weighted by atomic mass is 10.3. The molecule has 0 aliphatic heterocycles. The van der Waals surface area contributed by atoms with Gasteiger partial charge in [-0.05, 0) is 6.42 Å². The van der Waals surface area contributed by atoms with Gasteiger partial charge in [0.05, 0.1) is 18.9 Å². The molecule has 0 aromatic heterocycles. The van der Waals surface area contributed by atoms with Gasteiger partial charge in [-0.15, -0.1) is 6.58 Å². The molecule has 80 valence electrons.